The van der Waals surface area contributed by atoms with Crippen LogP contribution < -0.4 is 11.1 Å². The molecule has 5 heteroatoms. The highest BCUT2D eigenvalue weighted by molar-refractivity contribution is 8.03. The van der Waals surface area contributed by atoms with Crippen LogP contribution >= 0.6 is 36.0 Å². The molecule has 2 aromatic rings. The van der Waals surface area contributed by atoms with Crippen molar-refractivity contribution >= 4 is 41.7 Å². The molecule has 114 valence electrons. The van der Waals surface area contributed by atoms with Crippen LogP contribution in [-0.2, 0) is 0 Å². The monoisotopic (exact) mass is 348 g/mol. The van der Waals surface area contributed by atoms with E-state index in [0.29, 0.717) is 10.1 Å². The van der Waals surface area contributed by atoms with E-state index in [1.165, 1.54) is 5.56 Å². The number of anilines is 1. The molecule has 0 atom stereocenters. The SMILES string of the molecule is Cc1ccc(S/C(=C/C=C(\N)S)Nc2ccc(Cl)cc2)cc1. The summed E-state index contributed by atoms with van der Waals surface area (Å²) in [5.74, 6) is 0. The van der Waals surface area contributed by atoms with Gasteiger partial charge in [-0.05, 0) is 55.5 Å². The summed E-state index contributed by atoms with van der Waals surface area (Å²) in [5.41, 5.74) is 7.79. The fourth-order valence-electron chi connectivity index (χ4n) is 1.67. The summed E-state index contributed by atoms with van der Waals surface area (Å²) in [6, 6.07) is 15.9. The van der Waals surface area contributed by atoms with Crippen molar-refractivity contribution in [1.29, 1.82) is 0 Å². The summed E-state index contributed by atoms with van der Waals surface area (Å²) in [6.07, 6.45) is 3.66. The zero-order valence-corrected chi connectivity index (χ0v) is 14.6. The van der Waals surface area contributed by atoms with Crippen LogP contribution in [0.5, 0.6) is 0 Å². The van der Waals surface area contributed by atoms with Gasteiger partial charge < -0.3 is 11.1 Å². The zero-order valence-electron chi connectivity index (χ0n) is 12.1. The summed E-state index contributed by atoms with van der Waals surface area (Å²) >= 11 is 11.6. The fourth-order valence-corrected chi connectivity index (χ4v) is 2.70. The van der Waals surface area contributed by atoms with Crippen LogP contribution in [0.25, 0.3) is 0 Å². The highest BCUT2D eigenvalue weighted by Crippen LogP contribution is 2.28. The van der Waals surface area contributed by atoms with Gasteiger partial charge in [-0.25, -0.2) is 0 Å². The molecule has 0 fully saturated rings. The first-order chi connectivity index (χ1) is 10.5. The average molecular weight is 349 g/mol. The lowest BCUT2D eigenvalue weighted by Gasteiger charge is -2.11. The Hall–Kier alpha value is -1.49. The summed E-state index contributed by atoms with van der Waals surface area (Å²) in [6.45, 7) is 2.07. The van der Waals surface area contributed by atoms with Gasteiger partial charge in [-0.1, -0.05) is 41.1 Å². The maximum Gasteiger partial charge on any atom is 0.0774 e. The Morgan fingerprint density at radius 2 is 1.73 bits per heavy atom. The van der Waals surface area contributed by atoms with Crippen LogP contribution in [0.1, 0.15) is 5.56 Å². The summed E-state index contributed by atoms with van der Waals surface area (Å²) < 4.78 is 0. The lowest BCUT2D eigenvalue weighted by molar-refractivity contribution is 1.38. The maximum absolute atomic E-state index is 5.91. The van der Waals surface area contributed by atoms with Crippen LogP contribution in [0.15, 0.2) is 75.6 Å². The molecule has 0 saturated heterocycles. The molecular weight excluding hydrogens is 332 g/mol. The molecule has 0 aromatic heterocycles. The van der Waals surface area contributed by atoms with E-state index in [0.717, 1.165) is 15.6 Å². The lowest BCUT2D eigenvalue weighted by Crippen LogP contribution is -1.96. The van der Waals surface area contributed by atoms with Crippen molar-refractivity contribution in [3.05, 3.63) is 81.3 Å². The molecule has 3 N–H and O–H groups in total. The van der Waals surface area contributed by atoms with E-state index in [2.05, 4.69) is 49.1 Å². The Balaban J connectivity index is 2.19. The molecule has 22 heavy (non-hydrogen) atoms. The minimum atomic E-state index is 0.458. The third kappa shape index (κ3) is 5.72. The van der Waals surface area contributed by atoms with E-state index in [1.807, 2.05) is 30.3 Å². The Labute approximate surface area is 145 Å². The van der Waals surface area contributed by atoms with Crippen LogP contribution in [0.4, 0.5) is 5.69 Å². The Kier molecular flexibility index (Phi) is 6.31. The number of rotatable bonds is 5. The topological polar surface area (TPSA) is 38.0 Å². The zero-order chi connectivity index (χ0) is 15.9. The van der Waals surface area contributed by atoms with Crippen molar-refractivity contribution < 1.29 is 0 Å². The molecule has 0 bridgehead atoms. The third-order valence-corrected chi connectivity index (χ3v) is 4.13. The predicted octanol–water partition coefficient (Wildman–Crippen LogP) is 5.42. The second kappa shape index (κ2) is 8.22. The van der Waals surface area contributed by atoms with E-state index in [1.54, 1.807) is 17.8 Å². The van der Waals surface area contributed by atoms with Crippen molar-refractivity contribution in [2.24, 2.45) is 5.73 Å². The fraction of sp³-hybridized carbons (Fsp3) is 0.0588. The molecule has 0 heterocycles. The number of hydrogen-bond acceptors (Lipinski definition) is 4. The first kappa shape index (κ1) is 16.9. The van der Waals surface area contributed by atoms with E-state index < -0.39 is 0 Å². The van der Waals surface area contributed by atoms with Crippen molar-refractivity contribution in [3.8, 4) is 0 Å². The number of hydrogen-bond donors (Lipinski definition) is 3. The Morgan fingerprint density at radius 3 is 2.32 bits per heavy atom. The van der Waals surface area contributed by atoms with E-state index in [-0.39, 0.29) is 0 Å². The predicted molar refractivity (Wildman–Crippen MR) is 101 cm³/mol. The minimum Gasteiger partial charge on any atom is -0.394 e. The largest absolute Gasteiger partial charge is 0.394 e. The number of benzene rings is 2. The van der Waals surface area contributed by atoms with Gasteiger partial charge in [-0.3, -0.25) is 0 Å². The molecule has 0 aliphatic rings. The number of aryl methyl sites for hydroxylation is 1. The smallest absolute Gasteiger partial charge is 0.0774 e. The van der Waals surface area contributed by atoms with Gasteiger partial charge in [0.15, 0.2) is 0 Å². The van der Waals surface area contributed by atoms with E-state index in [4.69, 9.17) is 17.3 Å². The molecule has 0 radical (unpaired) electrons. The Bertz CT molecular complexity index is 623. The first-order valence-corrected chi connectivity index (χ1v) is 8.30. The van der Waals surface area contributed by atoms with Crippen LogP contribution in [-0.4, -0.2) is 0 Å². The second-order valence-corrected chi connectivity index (χ2v) is 6.74. The molecule has 2 rings (SSSR count). The number of allylic oxidation sites excluding steroid dienone is 2. The molecular formula is C17H17ClN2S2. The Morgan fingerprint density at radius 1 is 1.09 bits per heavy atom. The molecule has 0 unspecified atom stereocenters. The molecule has 0 spiro atoms. The highest BCUT2D eigenvalue weighted by atomic mass is 35.5. The van der Waals surface area contributed by atoms with Gasteiger partial charge in [0.1, 0.15) is 0 Å². The maximum atomic E-state index is 5.91. The molecule has 0 aliphatic carbocycles. The van der Waals surface area contributed by atoms with Gasteiger partial charge >= 0.3 is 0 Å². The highest BCUT2D eigenvalue weighted by Gasteiger charge is 2.02. The van der Waals surface area contributed by atoms with E-state index >= 15 is 0 Å². The quantitative estimate of drug-likeness (QED) is 0.383. The average Bonchev–Trinajstić information content (AvgIpc) is 2.49. The molecule has 2 nitrogen and oxygen atoms in total. The van der Waals surface area contributed by atoms with Crippen molar-refractivity contribution in [2.75, 3.05) is 5.32 Å². The molecule has 0 aliphatic heterocycles. The van der Waals surface area contributed by atoms with Gasteiger partial charge in [0.25, 0.3) is 0 Å². The van der Waals surface area contributed by atoms with Crippen molar-refractivity contribution in [3.63, 3.8) is 0 Å². The van der Waals surface area contributed by atoms with Gasteiger partial charge in [0.2, 0.25) is 0 Å². The number of thioether (sulfide) groups is 1. The molecule has 0 amide bonds. The number of thiol groups is 1. The summed E-state index contributed by atoms with van der Waals surface area (Å²) in [5, 5.41) is 5.47. The minimum absolute atomic E-state index is 0.458. The lowest BCUT2D eigenvalue weighted by atomic mass is 10.2. The number of halogens is 1. The molecule has 2 aromatic carbocycles. The summed E-state index contributed by atoms with van der Waals surface area (Å²) in [4.78, 5) is 1.14. The second-order valence-electron chi connectivity index (χ2n) is 4.67. The first-order valence-electron chi connectivity index (χ1n) is 6.66. The van der Waals surface area contributed by atoms with E-state index in [9.17, 15) is 0 Å². The van der Waals surface area contributed by atoms with Crippen LogP contribution in [0.3, 0.4) is 0 Å². The van der Waals surface area contributed by atoms with Gasteiger partial charge in [-0.15, -0.1) is 12.6 Å². The standard InChI is InChI=1S/C17H17ClN2S2/c1-12-2-8-15(9-3-12)22-17(11-10-16(19)21)20-14-6-4-13(18)5-7-14/h2-11,20-21H,19H2,1H3/b16-10+,17-11+. The molecule has 0 saturated carbocycles. The van der Waals surface area contributed by atoms with Gasteiger partial charge in [0, 0.05) is 15.6 Å². The van der Waals surface area contributed by atoms with Crippen LogP contribution in [0.2, 0.25) is 5.02 Å². The summed E-state index contributed by atoms with van der Waals surface area (Å²) in [7, 11) is 0. The number of nitrogens with two attached hydrogens (primary N) is 1. The van der Waals surface area contributed by atoms with Crippen molar-refractivity contribution in [1.82, 2.24) is 0 Å². The van der Waals surface area contributed by atoms with Crippen molar-refractivity contribution in [2.45, 2.75) is 11.8 Å². The third-order valence-electron chi connectivity index (χ3n) is 2.77. The number of nitrogens with one attached hydrogen (secondary N) is 1. The normalized spacial score (nSPS) is 12.3. The van der Waals surface area contributed by atoms with Crippen LogP contribution in [0, 0.1) is 6.92 Å². The van der Waals surface area contributed by atoms with Gasteiger partial charge in [-0.2, -0.15) is 0 Å². The van der Waals surface area contributed by atoms with Gasteiger partial charge in [0.05, 0.1) is 10.1 Å².